The number of nitrogens with two attached hydrogens (primary N) is 1. The first-order valence-corrected chi connectivity index (χ1v) is 8.27. The third kappa shape index (κ3) is 2.46. The molecule has 0 bridgehead atoms. The van der Waals surface area contributed by atoms with Crippen molar-refractivity contribution in [1.82, 2.24) is 9.38 Å². The molecule has 25 heavy (non-hydrogen) atoms. The molecule has 6 heteroatoms. The molecule has 0 aliphatic heterocycles. The van der Waals surface area contributed by atoms with Crippen molar-refractivity contribution in [3.63, 3.8) is 0 Å². The van der Waals surface area contributed by atoms with Crippen LogP contribution in [0, 0.1) is 13.8 Å². The van der Waals surface area contributed by atoms with E-state index in [0.29, 0.717) is 17.7 Å². The summed E-state index contributed by atoms with van der Waals surface area (Å²) in [5, 5.41) is 13.9. The predicted octanol–water partition coefficient (Wildman–Crippen LogP) is 2.12. The molecule has 1 aliphatic rings. The van der Waals surface area contributed by atoms with Crippen LogP contribution in [0.3, 0.4) is 0 Å². The van der Waals surface area contributed by atoms with Crippen LogP contribution in [-0.2, 0) is 6.42 Å². The van der Waals surface area contributed by atoms with E-state index in [1.54, 1.807) is 12.3 Å². The van der Waals surface area contributed by atoms with Crippen LogP contribution in [0.2, 0.25) is 0 Å². The number of hydrogen-bond donors (Lipinski definition) is 3. The van der Waals surface area contributed by atoms with Gasteiger partial charge in [-0.1, -0.05) is 24.3 Å². The van der Waals surface area contributed by atoms with Gasteiger partial charge in [-0.15, -0.1) is 0 Å². The van der Waals surface area contributed by atoms with Gasteiger partial charge < -0.3 is 20.6 Å². The number of primary amides is 1. The Morgan fingerprint density at radius 1 is 1.36 bits per heavy atom. The lowest BCUT2D eigenvalue weighted by Gasteiger charge is -2.20. The van der Waals surface area contributed by atoms with E-state index in [0.717, 1.165) is 28.2 Å². The van der Waals surface area contributed by atoms with Crippen molar-refractivity contribution in [2.24, 2.45) is 5.73 Å². The highest BCUT2D eigenvalue weighted by Gasteiger charge is 2.31. The first-order chi connectivity index (χ1) is 12.0. The van der Waals surface area contributed by atoms with E-state index in [-0.39, 0.29) is 6.04 Å². The standard InChI is InChI=1S/C19H20N4O2/c1-10-11(2)23-9-13(18(20)25)7-15(19(23)21-10)22-17-14-6-4-3-5-12(14)8-16(17)24/h3-7,9,16-17,22,24H,8H2,1-2H3,(H2,20,25)/t16-,17-/m1/s1. The van der Waals surface area contributed by atoms with Crippen molar-refractivity contribution in [3.05, 3.63) is 64.6 Å². The van der Waals surface area contributed by atoms with Crippen LogP contribution in [-0.4, -0.2) is 26.5 Å². The van der Waals surface area contributed by atoms with Crippen LogP contribution in [0.25, 0.3) is 5.65 Å². The number of fused-ring (bicyclic) bond motifs is 2. The average Bonchev–Trinajstić information content (AvgIpc) is 3.05. The summed E-state index contributed by atoms with van der Waals surface area (Å²) in [6.45, 7) is 3.87. The number of aromatic nitrogens is 2. The number of hydrogen-bond acceptors (Lipinski definition) is 4. The topological polar surface area (TPSA) is 92.7 Å². The first kappa shape index (κ1) is 15.7. The number of aliphatic hydroxyl groups excluding tert-OH is 1. The van der Waals surface area contributed by atoms with Crippen LogP contribution in [0.5, 0.6) is 0 Å². The maximum atomic E-state index is 11.7. The second-order valence-electron chi connectivity index (χ2n) is 6.58. The quantitative estimate of drug-likeness (QED) is 0.683. The number of carbonyl (C=O) groups is 1. The Morgan fingerprint density at radius 3 is 2.88 bits per heavy atom. The van der Waals surface area contributed by atoms with Crippen molar-refractivity contribution < 1.29 is 9.90 Å². The molecule has 0 spiro atoms. The molecule has 3 aromatic rings. The Bertz CT molecular complexity index is 992. The fourth-order valence-electron chi connectivity index (χ4n) is 3.53. The van der Waals surface area contributed by atoms with E-state index >= 15 is 0 Å². The molecule has 2 atom stereocenters. The molecule has 0 fully saturated rings. The highest BCUT2D eigenvalue weighted by Crippen LogP contribution is 2.35. The fourth-order valence-corrected chi connectivity index (χ4v) is 3.53. The number of imidazole rings is 1. The molecule has 0 saturated carbocycles. The van der Waals surface area contributed by atoms with Gasteiger partial charge in [-0.25, -0.2) is 4.98 Å². The average molecular weight is 336 g/mol. The summed E-state index contributed by atoms with van der Waals surface area (Å²) in [5.74, 6) is -0.497. The van der Waals surface area contributed by atoms with E-state index in [2.05, 4.69) is 10.3 Å². The molecule has 4 N–H and O–H groups in total. The minimum atomic E-state index is -0.535. The molecule has 1 amide bonds. The van der Waals surface area contributed by atoms with E-state index in [4.69, 9.17) is 5.73 Å². The fraction of sp³-hybridized carbons (Fsp3) is 0.263. The predicted molar refractivity (Wildman–Crippen MR) is 95.7 cm³/mol. The highest BCUT2D eigenvalue weighted by molar-refractivity contribution is 5.94. The minimum absolute atomic E-state index is 0.250. The number of carbonyl (C=O) groups excluding carboxylic acids is 1. The lowest BCUT2D eigenvalue weighted by atomic mass is 10.1. The van der Waals surface area contributed by atoms with Crippen LogP contribution >= 0.6 is 0 Å². The Kier molecular flexibility index (Phi) is 3.51. The summed E-state index contributed by atoms with van der Waals surface area (Å²) in [6, 6.07) is 9.43. The second kappa shape index (κ2) is 5.60. The summed E-state index contributed by atoms with van der Waals surface area (Å²) in [5.41, 5.74) is 11.3. The smallest absolute Gasteiger partial charge is 0.250 e. The number of amides is 1. The van der Waals surface area contributed by atoms with Crippen LogP contribution < -0.4 is 11.1 Å². The maximum absolute atomic E-state index is 11.7. The number of pyridine rings is 1. The van der Waals surface area contributed by atoms with Crippen molar-refractivity contribution >= 4 is 17.2 Å². The number of benzene rings is 1. The molecule has 2 heterocycles. The van der Waals surface area contributed by atoms with E-state index in [9.17, 15) is 9.90 Å². The van der Waals surface area contributed by atoms with Crippen LogP contribution in [0.4, 0.5) is 5.69 Å². The first-order valence-electron chi connectivity index (χ1n) is 8.27. The monoisotopic (exact) mass is 336 g/mol. The van der Waals surface area contributed by atoms with Gasteiger partial charge in [0, 0.05) is 18.3 Å². The molecule has 6 nitrogen and oxygen atoms in total. The van der Waals surface area contributed by atoms with E-state index in [1.165, 1.54) is 0 Å². The minimum Gasteiger partial charge on any atom is -0.390 e. The Balaban J connectivity index is 1.84. The van der Waals surface area contributed by atoms with Crippen LogP contribution in [0.1, 0.15) is 38.9 Å². The number of aryl methyl sites for hydroxylation is 2. The number of aliphatic hydroxyl groups is 1. The zero-order chi connectivity index (χ0) is 17.7. The lowest BCUT2D eigenvalue weighted by Crippen LogP contribution is -2.22. The number of nitrogens with zero attached hydrogens (tertiary/aromatic N) is 2. The molecule has 0 saturated heterocycles. The van der Waals surface area contributed by atoms with Crippen molar-refractivity contribution in [2.45, 2.75) is 32.4 Å². The van der Waals surface area contributed by atoms with Crippen molar-refractivity contribution in [2.75, 3.05) is 5.32 Å². The number of rotatable bonds is 3. The highest BCUT2D eigenvalue weighted by atomic mass is 16.3. The van der Waals surface area contributed by atoms with E-state index < -0.39 is 12.0 Å². The van der Waals surface area contributed by atoms with Gasteiger partial charge in [0.2, 0.25) is 5.91 Å². The van der Waals surface area contributed by atoms with E-state index in [1.807, 2.05) is 42.5 Å². The van der Waals surface area contributed by atoms with Gasteiger partial charge >= 0.3 is 0 Å². The normalized spacial score (nSPS) is 19.2. The van der Waals surface area contributed by atoms with Gasteiger partial charge in [0.1, 0.15) is 0 Å². The zero-order valence-corrected chi connectivity index (χ0v) is 14.2. The largest absolute Gasteiger partial charge is 0.390 e. The van der Waals surface area contributed by atoms with Gasteiger partial charge in [0.25, 0.3) is 0 Å². The summed E-state index contributed by atoms with van der Waals surface area (Å²) >= 11 is 0. The molecular formula is C19H20N4O2. The maximum Gasteiger partial charge on any atom is 0.250 e. The third-order valence-electron chi connectivity index (χ3n) is 5.00. The number of nitrogens with one attached hydrogen (secondary N) is 1. The van der Waals surface area contributed by atoms with Gasteiger partial charge in [0.05, 0.1) is 29.1 Å². The number of anilines is 1. The summed E-state index contributed by atoms with van der Waals surface area (Å²) in [6.07, 6.45) is 1.77. The molecule has 4 rings (SSSR count). The Labute approximate surface area is 145 Å². The van der Waals surface area contributed by atoms with Crippen LogP contribution in [0.15, 0.2) is 36.5 Å². The van der Waals surface area contributed by atoms with Gasteiger partial charge in [-0.2, -0.15) is 0 Å². The molecule has 128 valence electrons. The second-order valence-corrected chi connectivity index (χ2v) is 6.58. The molecular weight excluding hydrogens is 316 g/mol. The van der Waals surface area contributed by atoms with Gasteiger partial charge in [0.15, 0.2) is 5.65 Å². The molecule has 1 aromatic carbocycles. The molecule has 0 unspecified atom stereocenters. The molecule has 0 radical (unpaired) electrons. The third-order valence-corrected chi connectivity index (χ3v) is 5.00. The Hall–Kier alpha value is -2.86. The summed E-state index contributed by atoms with van der Waals surface area (Å²) < 4.78 is 1.87. The lowest BCUT2D eigenvalue weighted by molar-refractivity contribution is 0.1000. The summed E-state index contributed by atoms with van der Waals surface area (Å²) in [4.78, 5) is 16.3. The zero-order valence-electron chi connectivity index (χ0n) is 14.2. The van der Waals surface area contributed by atoms with Gasteiger partial charge in [-0.05, 0) is 31.0 Å². The Morgan fingerprint density at radius 2 is 2.12 bits per heavy atom. The van der Waals surface area contributed by atoms with Gasteiger partial charge in [-0.3, -0.25) is 4.79 Å². The SMILES string of the molecule is Cc1nc2c(N[C@@H]3c4ccccc4C[C@H]3O)cc(C(N)=O)cn2c1C. The summed E-state index contributed by atoms with van der Waals surface area (Å²) in [7, 11) is 0. The molecule has 2 aromatic heterocycles. The molecule has 1 aliphatic carbocycles. The van der Waals surface area contributed by atoms with Crippen molar-refractivity contribution in [1.29, 1.82) is 0 Å². The van der Waals surface area contributed by atoms with Crippen molar-refractivity contribution in [3.8, 4) is 0 Å².